The van der Waals surface area contributed by atoms with Crippen LogP contribution >= 0.6 is 11.8 Å². The smallest absolute Gasteiger partial charge is 0.155 e. The molecule has 1 N–H and O–H groups in total. The Morgan fingerprint density at radius 3 is 2.69 bits per heavy atom. The van der Waals surface area contributed by atoms with Crippen LogP contribution in [-0.2, 0) is 4.74 Å². The maximum atomic E-state index is 9.14. The summed E-state index contributed by atoms with van der Waals surface area (Å²) in [6, 6.07) is 10.2. The number of thioether (sulfide) groups is 1. The lowest BCUT2D eigenvalue weighted by Crippen LogP contribution is -2.02. The van der Waals surface area contributed by atoms with Crippen LogP contribution in [0.25, 0.3) is 0 Å². The predicted molar refractivity (Wildman–Crippen MR) is 52.7 cm³/mol. The summed E-state index contributed by atoms with van der Waals surface area (Å²) in [6.07, 6.45) is 0.181. The molecule has 1 aliphatic heterocycles. The average molecular weight is 196 g/mol. The van der Waals surface area contributed by atoms with Crippen molar-refractivity contribution in [2.45, 2.75) is 22.9 Å². The zero-order valence-corrected chi connectivity index (χ0v) is 8.04. The average Bonchev–Trinajstić information content (AvgIpc) is 2.53. The number of hydrogen-bond acceptors (Lipinski definition) is 3. The lowest BCUT2D eigenvalue weighted by molar-refractivity contribution is -0.0588. The second-order valence-electron chi connectivity index (χ2n) is 3.08. The molecule has 2 unspecified atom stereocenters. The molecule has 0 amide bonds. The number of aliphatic hydroxyl groups excluding tert-OH is 1. The van der Waals surface area contributed by atoms with Crippen LogP contribution < -0.4 is 0 Å². The number of aliphatic hydroxyl groups is 1. The lowest BCUT2D eigenvalue weighted by Gasteiger charge is -2.05. The summed E-state index contributed by atoms with van der Waals surface area (Å²) in [5.74, 6) is 0. The summed E-state index contributed by atoms with van der Waals surface area (Å²) in [7, 11) is 0. The van der Waals surface area contributed by atoms with Gasteiger partial charge in [-0.3, -0.25) is 0 Å². The van der Waals surface area contributed by atoms with Gasteiger partial charge in [0.2, 0.25) is 0 Å². The van der Waals surface area contributed by atoms with Gasteiger partial charge in [-0.1, -0.05) is 18.2 Å². The van der Waals surface area contributed by atoms with Crippen LogP contribution in [0.1, 0.15) is 6.42 Å². The maximum absolute atomic E-state index is 9.14. The molecule has 3 heteroatoms. The number of ether oxygens (including phenoxy) is 1. The van der Waals surface area contributed by atoms with Gasteiger partial charge in [0.15, 0.2) is 6.29 Å². The van der Waals surface area contributed by atoms with Crippen molar-refractivity contribution >= 4 is 11.8 Å². The van der Waals surface area contributed by atoms with Gasteiger partial charge >= 0.3 is 0 Å². The van der Waals surface area contributed by atoms with E-state index in [1.807, 2.05) is 18.2 Å². The minimum absolute atomic E-state index is 0.400. The van der Waals surface area contributed by atoms with Gasteiger partial charge < -0.3 is 9.84 Å². The Hall–Kier alpha value is -0.510. The van der Waals surface area contributed by atoms with E-state index in [1.54, 1.807) is 11.8 Å². The van der Waals surface area contributed by atoms with Gasteiger partial charge in [0.05, 0.1) is 6.61 Å². The van der Waals surface area contributed by atoms with Crippen molar-refractivity contribution < 1.29 is 9.84 Å². The third kappa shape index (κ3) is 2.46. The standard InChI is InChI=1S/C10H12O2S/c11-10-6-9(7-12-10)13-8-4-2-1-3-5-8/h1-5,9-11H,6-7H2. The molecule has 0 spiro atoms. The van der Waals surface area contributed by atoms with Gasteiger partial charge in [0.25, 0.3) is 0 Å². The van der Waals surface area contributed by atoms with E-state index >= 15 is 0 Å². The summed E-state index contributed by atoms with van der Waals surface area (Å²) < 4.78 is 5.07. The molecule has 0 aliphatic carbocycles. The fourth-order valence-electron chi connectivity index (χ4n) is 1.35. The first-order valence-electron chi connectivity index (χ1n) is 4.36. The lowest BCUT2D eigenvalue weighted by atomic mass is 10.3. The van der Waals surface area contributed by atoms with E-state index in [9.17, 15) is 0 Å². The topological polar surface area (TPSA) is 29.5 Å². The van der Waals surface area contributed by atoms with Gasteiger partial charge in [-0.05, 0) is 12.1 Å². The van der Waals surface area contributed by atoms with Crippen molar-refractivity contribution in [2.24, 2.45) is 0 Å². The normalized spacial score (nSPS) is 27.8. The fourth-order valence-corrected chi connectivity index (χ4v) is 2.46. The summed E-state index contributed by atoms with van der Waals surface area (Å²) in [5, 5.41) is 9.54. The molecule has 2 rings (SSSR count). The highest BCUT2D eigenvalue weighted by molar-refractivity contribution is 8.00. The minimum Gasteiger partial charge on any atom is -0.368 e. The van der Waals surface area contributed by atoms with Crippen molar-refractivity contribution in [1.29, 1.82) is 0 Å². The van der Waals surface area contributed by atoms with Crippen molar-refractivity contribution in [3.05, 3.63) is 30.3 Å². The molecule has 1 heterocycles. The third-order valence-corrected chi connectivity index (χ3v) is 3.19. The van der Waals surface area contributed by atoms with Crippen molar-refractivity contribution in [3.8, 4) is 0 Å². The van der Waals surface area contributed by atoms with Gasteiger partial charge in [-0.25, -0.2) is 0 Å². The van der Waals surface area contributed by atoms with Crippen LogP contribution in [0.15, 0.2) is 35.2 Å². The van der Waals surface area contributed by atoms with Crippen LogP contribution in [0, 0.1) is 0 Å². The molecular formula is C10H12O2S. The van der Waals surface area contributed by atoms with Crippen LogP contribution in [0.5, 0.6) is 0 Å². The van der Waals surface area contributed by atoms with Crippen LogP contribution in [0.2, 0.25) is 0 Å². The monoisotopic (exact) mass is 196 g/mol. The molecule has 13 heavy (non-hydrogen) atoms. The Morgan fingerprint density at radius 2 is 2.08 bits per heavy atom. The molecule has 1 aromatic rings. The van der Waals surface area contributed by atoms with Crippen molar-refractivity contribution in [1.82, 2.24) is 0 Å². The highest BCUT2D eigenvalue weighted by atomic mass is 32.2. The third-order valence-electron chi connectivity index (χ3n) is 1.98. The fraction of sp³-hybridized carbons (Fsp3) is 0.400. The van der Waals surface area contributed by atoms with Crippen molar-refractivity contribution in [3.63, 3.8) is 0 Å². The second kappa shape index (κ2) is 4.13. The SMILES string of the molecule is OC1CC(Sc2ccccc2)CO1. The number of hydrogen-bond donors (Lipinski definition) is 1. The Bertz CT molecular complexity index is 263. The Kier molecular flexibility index (Phi) is 2.88. The first-order chi connectivity index (χ1) is 6.34. The molecule has 70 valence electrons. The minimum atomic E-state index is -0.554. The maximum Gasteiger partial charge on any atom is 0.155 e. The molecule has 2 nitrogen and oxygen atoms in total. The van der Waals surface area contributed by atoms with Gasteiger partial charge in [0, 0.05) is 16.6 Å². The van der Waals surface area contributed by atoms with E-state index in [1.165, 1.54) is 4.90 Å². The largest absolute Gasteiger partial charge is 0.368 e. The van der Waals surface area contributed by atoms with Gasteiger partial charge in [-0.15, -0.1) is 11.8 Å². The Morgan fingerprint density at radius 1 is 1.31 bits per heavy atom. The summed E-state index contributed by atoms with van der Waals surface area (Å²) in [5.41, 5.74) is 0. The predicted octanol–water partition coefficient (Wildman–Crippen LogP) is 1.89. The number of benzene rings is 1. The zero-order valence-electron chi connectivity index (χ0n) is 7.22. The molecule has 0 bridgehead atoms. The van der Waals surface area contributed by atoms with E-state index in [2.05, 4.69) is 12.1 Å². The quantitative estimate of drug-likeness (QED) is 0.783. The van der Waals surface area contributed by atoms with Crippen molar-refractivity contribution in [2.75, 3.05) is 6.61 Å². The highest BCUT2D eigenvalue weighted by Gasteiger charge is 2.23. The molecule has 0 radical (unpaired) electrons. The van der Waals surface area contributed by atoms with Crippen LogP contribution in [0.3, 0.4) is 0 Å². The highest BCUT2D eigenvalue weighted by Crippen LogP contribution is 2.29. The molecule has 1 aromatic carbocycles. The summed E-state index contributed by atoms with van der Waals surface area (Å²) in [4.78, 5) is 1.24. The zero-order chi connectivity index (χ0) is 9.10. The van der Waals surface area contributed by atoms with Crippen LogP contribution in [0.4, 0.5) is 0 Å². The molecule has 1 aliphatic rings. The Balaban J connectivity index is 1.92. The van der Waals surface area contributed by atoms with E-state index in [0.717, 1.165) is 6.42 Å². The summed E-state index contributed by atoms with van der Waals surface area (Å²) >= 11 is 1.77. The molecular weight excluding hydrogens is 184 g/mol. The number of rotatable bonds is 2. The molecule has 1 fully saturated rings. The molecule has 1 saturated heterocycles. The van der Waals surface area contributed by atoms with E-state index in [-0.39, 0.29) is 0 Å². The first kappa shape index (κ1) is 9.06. The molecule has 2 atom stereocenters. The van der Waals surface area contributed by atoms with E-state index in [0.29, 0.717) is 11.9 Å². The molecule has 0 saturated carbocycles. The molecule has 0 aromatic heterocycles. The Labute approximate surface area is 81.9 Å². The first-order valence-corrected chi connectivity index (χ1v) is 5.24. The van der Waals surface area contributed by atoms with Gasteiger partial charge in [0.1, 0.15) is 0 Å². The summed E-state index contributed by atoms with van der Waals surface area (Å²) in [6.45, 7) is 0.653. The van der Waals surface area contributed by atoms with E-state index in [4.69, 9.17) is 9.84 Å². The van der Waals surface area contributed by atoms with Crippen LogP contribution in [-0.4, -0.2) is 23.3 Å². The van der Waals surface area contributed by atoms with Gasteiger partial charge in [-0.2, -0.15) is 0 Å². The second-order valence-corrected chi connectivity index (χ2v) is 4.45. The van der Waals surface area contributed by atoms with E-state index < -0.39 is 6.29 Å².